The van der Waals surface area contributed by atoms with Gasteiger partial charge in [0.05, 0.1) is 0 Å². The van der Waals surface area contributed by atoms with E-state index >= 15 is 0 Å². The zero-order chi connectivity index (χ0) is 24.3. The first-order chi connectivity index (χ1) is 15.2. The molecule has 3 aliphatic carbocycles. The van der Waals surface area contributed by atoms with Crippen molar-refractivity contribution in [3.63, 3.8) is 0 Å². The van der Waals surface area contributed by atoms with Crippen molar-refractivity contribution < 1.29 is 44.3 Å². The number of sulfonamides is 1. The van der Waals surface area contributed by atoms with Crippen LogP contribution >= 0.6 is 11.3 Å². The largest absolute Gasteiger partial charge is 0.471 e. The van der Waals surface area contributed by atoms with Crippen LogP contribution in [0, 0.1) is 5.92 Å². The molecule has 3 aliphatic rings. The molecular weight excluding hydrogens is 500 g/mol. The van der Waals surface area contributed by atoms with Gasteiger partial charge in [-0.25, -0.2) is 26.3 Å². The van der Waals surface area contributed by atoms with Gasteiger partial charge in [0.1, 0.15) is 22.0 Å². The lowest BCUT2D eigenvalue weighted by Gasteiger charge is -2.30. The number of amides is 2. The summed E-state index contributed by atoms with van der Waals surface area (Å²) in [5.41, 5.74) is 0.0974. The Labute approximate surface area is 188 Å². The van der Waals surface area contributed by atoms with Crippen LogP contribution in [0.3, 0.4) is 0 Å². The van der Waals surface area contributed by atoms with Crippen LogP contribution in [0.4, 0.5) is 31.3 Å². The second-order valence-electron chi connectivity index (χ2n) is 8.47. The Kier molecular flexibility index (Phi) is 5.97. The van der Waals surface area contributed by atoms with Gasteiger partial charge in [0.25, 0.3) is 5.92 Å². The first kappa shape index (κ1) is 24.3. The average molecular weight is 519 g/mol. The molecule has 2 saturated carbocycles. The zero-order valence-electron chi connectivity index (χ0n) is 16.8. The molecule has 0 radical (unpaired) electrons. The number of aryl methyl sites for hydroxylation is 1. The first-order valence-electron chi connectivity index (χ1n) is 10.0. The predicted octanol–water partition coefficient (Wildman–Crippen LogP) is 2.66. The molecule has 0 bridgehead atoms. The molecule has 1 unspecified atom stereocenters. The molecule has 0 aromatic carbocycles. The van der Waals surface area contributed by atoms with E-state index in [1.54, 1.807) is 0 Å². The summed E-state index contributed by atoms with van der Waals surface area (Å²) in [5, 5.41) is 3.83. The molecule has 1 heterocycles. The van der Waals surface area contributed by atoms with Crippen molar-refractivity contribution in [1.29, 1.82) is 0 Å². The number of carbonyl (C=O) groups is 2. The summed E-state index contributed by atoms with van der Waals surface area (Å²) >= 11 is 0.837. The summed E-state index contributed by atoms with van der Waals surface area (Å²) < 4.78 is 106. The van der Waals surface area contributed by atoms with E-state index in [9.17, 15) is 44.3 Å². The maximum absolute atomic E-state index is 13.3. The highest BCUT2D eigenvalue weighted by atomic mass is 32.2. The van der Waals surface area contributed by atoms with E-state index in [2.05, 4.69) is 10.0 Å². The van der Waals surface area contributed by atoms with Crippen LogP contribution in [0.15, 0.2) is 4.90 Å². The van der Waals surface area contributed by atoms with Gasteiger partial charge in [-0.1, -0.05) is 0 Å². The molecule has 3 N–H and O–H groups in total. The smallest absolute Gasteiger partial charge is 0.345 e. The minimum Gasteiger partial charge on any atom is -0.345 e. The van der Waals surface area contributed by atoms with E-state index in [4.69, 9.17) is 0 Å². The maximum atomic E-state index is 13.3. The summed E-state index contributed by atoms with van der Waals surface area (Å²) in [4.78, 5) is 23.5. The van der Waals surface area contributed by atoms with E-state index in [0.717, 1.165) is 11.3 Å². The predicted molar refractivity (Wildman–Crippen MR) is 104 cm³/mol. The number of rotatable bonds is 6. The molecule has 15 heteroatoms. The number of halogens is 6. The molecule has 1 aromatic rings. The van der Waals surface area contributed by atoms with Gasteiger partial charge >= 0.3 is 12.1 Å². The van der Waals surface area contributed by atoms with Crippen molar-refractivity contribution >= 4 is 38.2 Å². The number of hydrogen-bond acceptors (Lipinski definition) is 5. The standard InChI is InChI=1S/C18H19F6N3O4S2/c19-7-3-9(4-7)27-33(30,31)13-10-5-8(25-16(29)18(22,23)24)1-2-12(10)32-15(13)26-14(28)11-6-17(11,20)21/h7-9,11,27H,1-6H2,(H,25,29)(H,26,28)/t7?,8-,9?,11?/m0/s1. The fourth-order valence-corrected chi connectivity index (χ4v) is 7.17. The van der Waals surface area contributed by atoms with E-state index in [0.29, 0.717) is 4.88 Å². The Morgan fingerprint density at radius 2 is 1.76 bits per heavy atom. The quantitative estimate of drug-likeness (QED) is 0.503. The van der Waals surface area contributed by atoms with Gasteiger partial charge in [-0.05, 0) is 37.7 Å². The lowest BCUT2D eigenvalue weighted by Crippen LogP contribution is -2.46. The van der Waals surface area contributed by atoms with Crippen molar-refractivity contribution in [3.8, 4) is 0 Å². The number of hydrogen-bond donors (Lipinski definition) is 3. The summed E-state index contributed by atoms with van der Waals surface area (Å²) in [6.45, 7) is 0. The highest BCUT2D eigenvalue weighted by molar-refractivity contribution is 7.90. The molecule has 0 saturated heterocycles. The van der Waals surface area contributed by atoms with Crippen LogP contribution in [-0.4, -0.2) is 50.6 Å². The SMILES string of the molecule is O=C(Nc1sc2c(c1S(=O)(=O)NC1CC(F)C1)C[C@@H](NC(=O)C(F)(F)F)CC2)C1CC1(F)F. The van der Waals surface area contributed by atoms with E-state index in [1.165, 1.54) is 0 Å². The fourth-order valence-electron chi connectivity index (χ4n) is 3.93. The van der Waals surface area contributed by atoms with Crippen LogP contribution in [0.5, 0.6) is 0 Å². The second-order valence-corrected chi connectivity index (χ2v) is 11.2. The van der Waals surface area contributed by atoms with Crippen LogP contribution < -0.4 is 15.4 Å². The minimum atomic E-state index is -5.12. The third-order valence-corrected chi connectivity index (χ3v) is 8.82. The van der Waals surface area contributed by atoms with Crippen LogP contribution in [-0.2, 0) is 32.5 Å². The van der Waals surface area contributed by atoms with Crippen molar-refractivity contribution in [2.75, 3.05) is 5.32 Å². The summed E-state index contributed by atoms with van der Waals surface area (Å²) in [5.74, 6) is -8.02. The van der Waals surface area contributed by atoms with Gasteiger partial charge < -0.3 is 10.6 Å². The number of carbonyl (C=O) groups excluding carboxylic acids is 2. The molecule has 184 valence electrons. The lowest BCUT2D eigenvalue weighted by molar-refractivity contribution is -0.174. The Morgan fingerprint density at radius 1 is 1.12 bits per heavy atom. The number of fused-ring (bicyclic) bond motifs is 1. The van der Waals surface area contributed by atoms with Crippen molar-refractivity contribution in [2.24, 2.45) is 5.92 Å². The first-order valence-corrected chi connectivity index (χ1v) is 12.3. The van der Waals surface area contributed by atoms with Gasteiger partial charge in [0.2, 0.25) is 15.9 Å². The Hall–Kier alpha value is -1.87. The molecule has 1 aromatic heterocycles. The molecule has 0 aliphatic heterocycles. The summed E-state index contributed by atoms with van der Waals surface area (Å²) in [6.07, 6.45) is -7.16. The van der Waals surface area contributed by atoms with Crippen molar-refractivity contribution in [3.05, 3.63) is 10.4 Å². The van der Waals surface area contributed by atoms with Gasteiger partial charge in [-0.2, -0.15) is 13.2 Å². The molecule has 4 rings (SSSR count). The molecule has 7 nitrogen and oxygen atoms in total. The summed E-state index contributed by atoms with van der Waals surface area (Å²) in [7, 11) is -4.38. The third kappa shape index (κ3) is 4.99. The van der Waals surface area contributed by atoms with E-state index < -0.39 is 69.4 Å². The van der Waals surface area contributed by atoms with Gasteiger partial charge in [-0.15, -0.1) is 11.3 Å². The molecule has 2 amide bonds. The van der Waals surface area contributed by atoms with Gasteiger partial charge in [-0.3, -0.25) is 9.59 Å². The average Bonchev–Trinajstić information content (AvgIpc) is 3.14. The number of thiophene rings is 1. The Morgan fingerprint density at radius 3 is 2.30 bits per heavy atom. The van der Waals surface area contributed by atoms with Crippen molar-refractivity contribution in [1.82, 2.24) is 10.0 Å². The third-order valence-electron chi connectivity index (χ3n) is 5.86. The number of alkyl halides is 6. The van der Waals surface area contributed by atoms with E-state index in [1.807, 2.05) is 5.32 Å². The molecule has 33 heavy (non-hydrogen) atoms. The topological polar surface area (TPSA) is 104 Å². The van der Waals surface area contributed by atoms with Gasteiger partial charge in [0.15, 0.2) is 0 Å². The number of anilines is 1. The monoisotopic (exact) mass is 519 g/mol. The normalized spacial score (nSPS) is 28.4. The fraction of sp³-hybridized carbons (Fsp3) is 0.667. The Bertz CT molecular complexity index is 1080. The number of nitrogens with one attached hydrogen (secondary N) is 3. The lowest BCUT2D eigenvalue weighted by atomic mass is 9.92. The van der Waals surface area contributed by atoms with Gasteiger partial charge in [0, 0.05) is 23.4 Å². The van der Waals surface area contributed by atoms with E-state index in [-0.39, 0.29) is 42.7 Å². The molecular formula is C18H19F6N3O4S2. The highest BCUT2D eigenvalue weighted by Crippen LogP contribution is 2.50. The highest BCUT2D eigenvalue weighted by Gasteiger charge is 2.61. The second kappa shape index (κ2) is 8.12. The Balaban J connectivity index is 1.62. The zero-order valence-corrected chi connectivity index (χ0v) is 18.4. The van der Waals surface area contributed by atoms with Crippen molar-refractivity contribution in [2.45, 2.75) is 73.8 Å². The molecule has 0 spiro atoms. The van der Waals surface area contributed by atoms with Crippen LogP contribution in [0.25, 0.3) is 0 Å². The van der Waals surface area contributed by atoms with Crippen LogP contribution in [0.1, 0.15) is 36.1 Å². The minimum absolute atomic E-state index is 0.0637. The summed E-state index contributed by atoms with van der Waals surface area (Å²) in [6, 6.07) is -1.73. The van der Waals surface area contributed by atoms with Crippen LogP contribution in [0.2, 0.25) is 0 Å². The maximum Gasteiger partial charge on any atom is 0.471 e. The molecule has 2 atom stereocenters. The molecule has 2 fully saturated rings.